The molecule has 3 rings (SSSR count). The van der Waals surface area contributed by atoms with E-state index in [1.165, 1.54) is 17.4 Å². The highest BCUT2D eigenvalue weighted by Gasteiger charge is 2.38. The average molecular weight is 285 g/mol. The lowest BCUT2D eigenvalue weighted by Crippen LogP contribution is -2.48. The molecular formula is C17H23N3O. The molecule has 1 aromatic carbocycles. The van der Waals surface area contributed by atoms with Crippen molar-refractivity contribution >= 4 is 10.9 Å². The molecule has 1 saturated carbocycles. The van der Waals surface area contributed by atoms with E-state index >= 15 is 0 Å². The molecule has 0 aliphatic heterocycles. The summed E-state index contributed by atoms with van der Waals surface area (Å²) >= 11 is 0. The van der Waals surface area contributed by atoms with Gasteiger partial charge in [0.1, 0.15) is 0 Å². The maximum Gasteiger partial charge on any atom is 0.0704 e. The van der Waals surface area contributed by atoms with Crippen molar-refractivity contribution in [3.63, 3.8) is 0 Å². The van der Waals surface area contributed by atoms with Gasteiger partial charge < -0.3 is 4.74 Å². The second kappa shape index (κ2) is 6.10. The Morgan fingerprint density at radius 1 is 1.33 bits per heavy atom. The Hall–Kier alpha value is -1.49. The van der Waals surface area contributed by atoms with Crippen molar-refractivity contribution < 1.29 is 4.74 Å². The molecular weight excluding hydrogens is 262 g/mol. The lowest BCUT2D eigenvalue weighted by molar-refractivity contribution is -0.0834. The van der Waals surface area contributed by atoms with Crippen LogP contribution in [0, 0.1) is 0 Å². The predicted octanol–water partition coefficient (Wildman–Crippen LogP) is 2.57. The van der Waals surface area contributed by atoms with Crippen molar-refractivity contribution in [3.05, 3.63) is 42.1 Å². The monoisotopic (exact) mass is 285 g/mol. The molecule has 1 heterocycles. The number of ether oxygens (including phenoxy) is 1. The summed E-state index contributed by atoms with van der Waals surface area (Å²) in [5, 5.41) is 1.21. The van der Waals surface area contributed by atoms with Crippen LogP contribution in [0.1, 0.15) is 31.2 Å². The highest BCUT2D eigenvalue weighted by atomic mass is 16.5. The molecule has 4 nitrogen and oxygen atoms in total. The smallest absolute Gasteiger partial charge is 0.0704 e. The topological polar surface area (TPSA) is 60.2 Å². The van der Waals surface area contributed by atoms with Gasteiger partial charge in [-0.1, -0.05) is 18.2 Å². The molecule has 0 amide bonds. The zero-order chi connectivity index (χ0) is 14.7. The van der Waals surface area contributed by atoms with Gasteiger partial charge in [-0.15, -0.1) is 0 Å². The van der Waals surface area contributed by atoms with Crippen molar-refractivity contribution in [3.8, 4) is 0 Å². The number of methoxy groups -OCH3 is 1. The molecule has 0 saturated heterocycles. The zero-order valence-corrected chi connectivity index (χ0v) is 12.5. The first-order valence-electron chi connectivity index (χ1n) is 7.60. The third kappa shape index (κ3) is 2.93. The number of fused-ring (bicyclic) bond motifs is 1. The highest BCUT2D eigenvalue weighted by Crippen LogP contribution is 2.39. The number of nitrogens with two attached hydrogens (primary N) is 1. The van der Waals surface area contributed by atoms with Gasteiger partial charge in [0.05, 0.1) is 11.1 Å². The number of aromatic nitrogens is 1. The van der Waals surface area contributed by atoms with E-state index in [0.717, 1.165) is 31.2 Å². The molecule has 112 valence electrons. The summed E-state index contributed by atoms with van der Waals surface area (Å²) in [6, 6.07) is 10.6. The van der Waals surface area contributed by atoms with E-state index in [9.17, 15) is 0 Å². The summed E-state index contributed by atoms with van der Waals surface area (Å²) in [6.45, 7) is 0. The lowest BCUT2D eigenvalue weighted by atomic mass is 9.75. The molecule has 21 heavy (non-hydrogen) atoms. The summed E-state index contributed by atoms with van der Waals surface area (Å²) in [5.74, 6) is 5.78. The van der Waals surface area contributed by atoms with E-state index < -0.39 is 0 Å². The van der Waals surface area contributed by atoms with Crippen LogP contribution in [0.25, 0.3) is 10.9 Å². The summed E-state index contributed by atoms with van der Waals surface area (Å²) < 4.78 is 5.72. The number of pyridine rings is 1. The summed E-state index contributed by atoms with van der Waals surface area (Å²) in [6.07, 6.45) is 7.25. The Morgan fingerprint density at radius 2 is 2.14 bits per heavy atom. The summed E-state index contributed by atoms with van der Waals surface area (Å²) in [4.78, 5) is 4.42. The lowest BCUT2D eigenvalue weighted by Gasteiger charge is -2.42. The number of hydrazine groups is 1. The fourth-order valence-electron chi connectivity index (χ4n) is 3.30. The Labute approximate surface area is 125 Å². The third-order valence-corrected chi connectivity index (χ3v) is 4.76. The van der Waals surface area contributed by atoms with Crippen LogP contribution >= 0.6 is 0 Å². The zero-order valence-electron chi connectivity index (χ0n) is 12.5. The van der Waals surface area contributed by atoms with Crippen molar-refractivity contribution in [1.82, 2.24) is 10.4 Å². The molecule has 0 spiro atoms. The van der Waals surface area contributed by atoms with Crippen LogP contribution in [0.3, 0.4) is 0 Å². The van der Waals surface area contributed by atoms with Crippen LogP contribution in [-0.4, -0.2) is 23.7 Å². The Balaban J connectivity index is 1.79. The van der Waals surface area contributed by atoms with Crippen LogP contribution in [0.2, 0.25) is 0 Å². The minimum absolute atomic E-state index is 0.0276. The van der Waals surface area contributed by atoms with Gasteiger partial charge in [-0.3, -0.25) is 16.3 Å². The number of nitrogens with zero attached hydrogens (tertiary/aromatic N) is 1. The first-order valence-corrected chi connectivity index (χ1v) is 7.60. The Kier molecular flexibility index (Phi) is 4.19. The maximum absolute atomic E-state index is 5.78. The second-order valence-electron chi connectivity index (χ2n) is 6.00. The van der Waals surface area contributed by atoms with Gasteiger partial charge in [-0.05, 0) is 49.8 Å². The Morgan fingerprint density at radius 3 is 2.81 bits per heavy atom. The third-order valence-electron chi connectivity index (χ3n) is 4.76. The molecule has 0 radical (unpaired) electrons. The van der Waals surface area contributed by atoms with Gasteiger partial charge in [0.2, 0.25) is 0 Å². The minimum atomic E-state index is 0.0276. The van der Waals surface area contributed by atoms with E-state index in [2.05, 4.69) is 28.6 Å². The van der Waals surface area contributed by atoms with Gasteiger partial charge in [0.15, 0.2) is 0 Å². The minimum Gasteiger partial charge on any atom is -0.378 e. The Bertz CT molecular complexity index is 599. The molecule has 1 unspecified atom stereocenters. The molecule has 0 bridgehead atoms. The first-order chi connectivity index (χ1) is 10.3. The first kappa shape index (κ1) is 14.4. The predicted molar refractivity (Wildman–Crippen MR) is 84.8 cm³/mol. The van der Waals surface area contributed by atoms with Crippen LogP contribution < -0.4 is 11.3 Å². The van der Waals surface area contributed by atoms with Crippen molar-refractivity contribution in [2.24, 2.45) is 5.84 Å². The molecule has 2 aromatic rings. The SMILES string of the molecule is COC1(CC(Cc2ccnc3ccccc23)NN)CCC1. The quantitative estimate of drug-likeness (QED) is 0.632. The number of hydrogen-bond acceptors (Lipinski definition) is 4. The van der Waals surface area contributed by atoms with E-state index in [4.69, 9.17) is 10.6 Å². The van der Waals surface area contributed by atoms with Crippen molar-refractivity contribution in [1.29, 1.82) is 0 Å². The molecule has 1 fully saturated rings. The summed E-state index contributed by atoms with van der Waals surface area (Å²) in [7, 11) is 1.81. The maximum atomic E-state index is 5.78. The van der Waals surface area contributed by atoms with Gasteiger partial charge >= 0.3 is 0 Å². The molecule has 3 N–H and O–H groups in total. The van der Waals surface area contributed by atoms with E-state index in [1.54, 1.807) is 0 Å². The number of hydrogen-bond donors (Lipinski definition) is 2. The molecule has 1 atom stereocenters. The van der Waals surface area contributed by atoms with Gasteiger partial charge in [0, 0.05) is 24.7 Å². The largest absolute Gasteiger partial charge is 0.378 e. The number of benzene rings is 1. The average Bonchev–Trinajstić information content (AvgIpc) is 2.50. The molecule has 1 aromatic heterocycles. The van der Waals surface area contributed by atoms with Crippen LogP contribution in [0.15, 0.2) is 36.5 Å². The molecule has 1 aliphatic rings. The van der Waals surface area contributed by atoms with E-state index in [-0.39, 0.29) is 11.6 Å². The standard InChI is InChI=1S/C17H23N3O/c1-21-17(8-4-9-17)12-14(20-18)11-13-7-10-19-16-6-3-2-5-15(13)16/h2-3,5-7,10,14,20H,4,8-9,11-12,18H2,1H3. The summed E-state index contributed by atoms with van der Waals surface area (Å²) in [5.41, 5.74) is 5.32. The van der Waals surface area contributed by atoms with Gasteiger partial charge in [0.25, 0.3) is 0 Å². The van der Waals surface area contributed by atoms with Crippen LogP contribution in [0.4, 0.5) is 0 Å². The van der Waals surface area contributed by atoms with E-state index in [0.29, 0.717) is 0 Å². The molecule has 1 aliphatic carbocycles. The highest BCUT2D eigenvalue weighted by molar-refractivity contribution is 5.81. The molecule has 4 heteroatoms. The van der Waals surface area contributed by atoms with Crippen molar-refractivity contribution in [2.45, 2.75) is 43.7 Å². The van der Waals surface area contributed by atoms with Gasteiger partial charge in [-0.2, -0.15) is 0 Å². The van der Waals surface area contributed by atoms with Gasteiger partial charge in [-0.25, -0.2) is 0 Å². The number of para-hydroxylation sites is 1. The van der Waals surface area contributed by atoms with Crippen LogP contribution in [-0.2, 0) is 11.2 Å². The normalized spacial score (nSPS) is 18.4. The number of rotatable bonds is 6. The number of nitrogens with one attached hydrogen (secondary N) is 1. The van der Waals surface area contributed by atoms with E-state index in [1.807, 2.05) is 25.4 Å². The fraction of sp³-hybridized carbons (Fsp3) is 0.471. The fourth-order valence-corrected chi connectivity index (χ4v) is 3.30. The van der Waals surface area contributed by atoms with Crippen LogP contribution in [0.5, 0.6) is 0 Å². The second-order valence-corrected chi connectivity index (χ2v) is 6.00. The van der Waals surface area contributed by atoms with Crippen molar-refractivity contribution in [2.75, 3.05) is 7.11 Å².